The van der Waals surface area contributed by atoms with Crippen molar-refractivity contribution < 1.29 is 78.0 Å². The summed E-state index contributed by atoms with van der Waals surface area (Å²) in [5.74, 6) is 0.552. The van der Waals surface area contributed by atoms with Crippen LogP contribution in [-0.2, 0) is 9.09 Å². The van der Waals surface area contributed by atoms with Gasteiger partial charge in [0.25, 0.3) is 0 Å². The third kappa shape index (κ3) is 5.72. The Balaban J connectivity index is 0.00000160. The molecule has 10 nitrogen and oxygen atoms in total. The molecule has 146 valence electrons. The fraction of sp³-hybridized carbons (Fsp3) is 0.235. The first-order chi connectivity index (χ1) is 13.4. The van der Waals surface area contributed by atoms with Crippen LogP contribution in [0.2, 0.25) is 0 Å². The molecule has 0 fully saturated rings. The number of nitrogens with zero attached hydrogens (tertiary/aromatic N) is 4. The first-order valence-corrected chi connectivity index (χ1v) is 10.1. The van der Waals surface area contributed by atoms with E-state index in [1.807, 2.05) is 35.6 Å². The second kappa shape index (κ2) is 10.7. The molecular weight excluding hydrogens is 429 g/mol. The monoisotopic (exact) mass is 446 g/mol. The van der Waals surface area contributed by atoms with Gasteiger partial charge in [0.15, 0.2) is 11.5 Å². The molecule has 0 aliphatic rings. The van der Waals surface area contributed by atoms with Crippen molar-refractivity contribution in [2.75, 3.05) is 18.5 Å². The maximum absolute atomic E-state index is 10.5. The number of benzene rings is 1. The predicted molar refractivity (Wildman–Crippen MR) is 99.5 cm³/mol. The van der Waals surface area contributed by atoms with Crippen LogP contribution in [0.1, 0.15) is 12.0 Å². The minimum atomic E-state index is -4.95. The Morgan fingerprint density at radius 1 is 1.27 bits per heavy atom. The third-order valence-electron chi connectivity index (χ3n) is 4.22. The number of imidazole rings is 1. The SMILES string of the molecule is Cc1ccc2c(c1)nc(NCCCOP(=O)([O-])[O-])c1ncc(-c3ccn[nH]3)n12.[Na+].[Na+]. The van der Waals surface area contributed by atoms with Gasteiger partial charge in [0, 0.05) is 12.7 Å². The van der Waals surface area contributed by atoms with Gasteiger partial charge in [0.2, 0.25) is 0 Å². The number of phosphoric acid groups is 1. The summed E-state index contributed by atoms with van der Waals surface area (Å²) in [5.41, 5.74) is 5.04. The summed E-state index contributed by atoms with van der Waals surface area (Å²) in [4.78, 5) is 30.2. The molecule has 0 spiro atoms. The van der Waals surface area contributed by atoms with E-state index in [0.29, 0.717) is 24.4 Å². The minimum Gasteiger partial charge on any atom is -0.790 e. The zero-order valence-electron chi connectivity index (χ0n) is 17.0. The van der Waals surface area contributed by atoms with Gasteiger partial charge in [0.1, 0.15) is 0 Å². The number of hydrogen-bond donors (Lipinski definition) is 2. The zero-order valence-corrected chi connectivity index (χ0v) is 21.8. The van der Waals surface area contributed by atoms with Crippen molar-refractivity contribution in [1.82, 2.24) is 24.6 Å². The largest absolute Gasteiger partial charge is 1.00 e. The van der Waals surface area contributed by atoms with Crippen LogP contribution in [0.5, 0.6) is 0 Å². The van der Waals surface area contributed by atoms with E-state index in [4.69, 9.17) is 0 Å². The number of aryl methyl sites for hydroxylation is 1. The Hall–Kier alpha value is -0.780. The van der Waals surface area contributed by atoms with Gasteiger partial charge in [-0.3, -0.25) is 9.50 Å². The zero-order chi connectivity index (χ0) is 19.7. The van der Waals surface area contributed by atoms with Crippen molar-refractivity contribution in [3.05, 3.63) is 42.2 Å². The summed E-state index contributed by atoms with van der Waals surface area (Å²) in [5, 5.41) is 10.1. The van der Waals surface area contributed by atoms with Crippen LogP contribution >= 0.6 is 7.82 Å². The molecule has 0 amide bonds. The Morgan fingerprint density at radius 3 is 2.77 bits per heavy atom. The number of fused-ring (bicyclic) bond motifs is 3. The van der Waals surface area contributed by atoms with Crippen molar-refractivity contribution in [2.45, 2.75) is 13.3 Å². The molecule has 3 heterocycles. The fourth-order valence-corrected chi connectivity index (χ4v) is 3.36. The normalized spacial score (nSPS) is 11.3. The van der Waals surface area contributed by atoms with Crippen LogP contribution in [0.4, 0.5) is 5.82 Å². The molecule has 13 heteroatoms. The van der Waals surface area contributed by atoms with Crippen LogP contribution in [0.25, 0.3) is 28.1 Å². The second-order valence-corrected chi connectivity index (χ2v) is 7.44. The molecule has 0 saturated heterocycles. The third-order valence-corrected chi connectivity index (χ3v) is 4.72. The summed E-state index contributed by atoms with van der Waals surface area (Å²) < 4.78 is 16.8. The number of aromatic nitrogens is 5. The first kappa shape index (κ1) is 25.5. The number of rotatable bonds is 7. The quantitative estimate of drug-likeness (QED) is 0.164. The summed E-state index contributed by atoms with van der Waals surface area (Å²) in [6, 6.07) is 7.84. The molecule has 4 rings (SSSR count). The van der Waals surface area contributed by atoms with E-state index in [2.05, 4.69) is 30.0 Å². The molecule has 1 aromatic carbocycles. The van der Waals surface area contributed by atoms with Gasteiger partial charge < -0.3 is 24.2 Å². The standard InChI is InChI=1S/C17H19N6O4P.2Na/c1-11-3-4-14-13(9-11)21-16(18-6-2-8-27-28(24,25)26)17-19-10-15(23(14)17)12-5-7-20-22-12;;/h3-5,7,9-10H,2,6,8H2,1H3,(H,18,21)(H,20,22)(H2,24,25,26);;/q;2*+1/p-2. The van der Waals surface area contributed by atoms with Gasteiger partial charge in [-0.2, -0.15) is 5.10 Å². The first-order valence-electron chi connectivity index (χ1n) is 8.60. The van der Waals surface area contributed by atoms with Crippen molar-refractivity contribution >= 4 is 30.3 Å². The molecule has 0 atom stereocenters. The summed E-state index contributed by atoms with van der Waals surface area (Å²) in [7, 11) is -4.95. The summed E-state index contributed by atoms with van der Waals surface area (Å²) in [6.07, 6.45) is 3.73. The number of aromatic amines is 1. The van der Waals surface area contributed by atoms with Crippen molar-refractivity contribution in [1.29, 1.82) is 0 Å². The van der Waals surface area contributed by atoms with Gasteiger partial charge >= 0.3 is 59.1 Å². The molecular formula is C17H17N6Na2O4P. The van der Waals surface area contributed by atoms with Crippen LogP contribution in [0.15, 0.2) is 36.7 Å². The average molecular weight is 446 g/mol. The van der Waals surface area contributed by atoms with E-state index in [1.165, 1.54) is 0 Å². The Labute approximate surface area is 216 Å². The summed E-state index contributed by atoms with van der Waals surface area (Å²) in [6.45, 7) is 2.17. The molecule has 0 aliphatic heterocycles. The molecule has 0 radical (unpaired) electrons. The maximum atomic E-state index is 10.5. The van der Waals surface area contributed by atoms with Crippen molar-refractivity contribution in [3.8, 4) is 11.4 Å². The van der Waals surface area contributed by atoms with Crippen molar-refractivity contribution in [2.24, 2.45) is 0 Å². The van der Waals surface area contributed by atoms with E-state index >= 15 is 0 Å². The van der Waals surface area contributed by atoms with Crippen LogP contribution in [-0.4, -0.2) is 37.7 Å². The molecule has 3 aromatic heterocycles. The molecule has 30 heavy (non-hydrogen) atoms. The van der Waals surface area contributed by atoms with E-state index in [-0.39, 0.29) is 65.7 Å². The Kier molecular flexibility index (Phi) is 9.08. The number of H-pyrrole nitrogens is 1. The van der Waals surface area contributed by atoms with Gasteiger partial charge in [-0.05, 0) is 37.1 Å². The van der Waals surface area contributed by atoms with Gasteiger partial charge in [-0.15, -0.1) is 0 Å². The number of phosphoric ester groups is 1. The number of nitrogens with one attached hydrogen (secondary N) is 2. The molecule has 0 unspecified atom stereocenters. The van der Waals surface area contributed by atoms with Crippen molar-refractivity contribution in [3.63, 3.8) is 0 Å². The minimum absolute atomic E-state index is 0. The summed E-state index contributed by atoms with van der Waals surface area (Å²) >= 11 is 0. The van der Waals surface area contributed by atoms with Gasteiger partial charge in [-0.25, -0.2) is 9.97 Å². The van der Waals surface area contributed by atoms with E-state index in [9.17, 15) is 14.4 Å². The van der Waals surface area contributed by atoms with E-state index in [1.54, 1.807) is 12.4 Å². The molecule has 0 aliphatic carbocycles. The smallest absolute Gasteiger partial charge is 0.790 e. The number of anilines is 1. The Bertz CT molecular complexity index is 1180. The van der Waals surface area contributed by atoms with Crippen LogP contribution in [0, 0.1) is 6.92 Å². The maximum Gasteiger partial charge on any atom is 1.00 e. The van der Waals surface area contributed by atoms with Gasteiger partial charge in [-0.1, -0.05) is 6.07 Å². The topological polar surface area (TPSA) is 143 Å². The fourth-order valence-electron chi connectivity index (χ4n) is 3.01. The number of hydrogen-bond acceptors (Lipinski definition) is 8. The van der Waals surface area contributed by atoms with E-state index < -0.39 is 7.82 Å². The van der Waals surface area contributed by atoms with E-state index in [0.717, 1.165) is 28.0 Å². The average Bonchev–Trinajstić information content (AvgIpc) is 3.29. The Morgan fingerprint density at radius 2 is 2.07 bits per heavy atom. The molecule has 4 aromatic rings. The molecule has 2 N–H and O–H groups in total. The molecule has 0 bridgehead atoms. The molecule has 0 saturated carbocycles. The van der Waals surface area contributed by atoms with Crippen LogP contribution < -0.4 is 74.2 Å². The predicted octanol–water partition coefficient (Wildman–Crippen LogP) is -4.76. The van der Waals surface area contributed by atoms with Crippen LogP contribution in [0.3, 0.4) is 0 Å². The second-order valence-electron chi connectivity index (χ2n) is 6.29. The van der Waals surface area contributed by atoms with Gasteiger partial charge in [0.05, 0.1) is 43.0 Å².